The van der Waals surface area contributed by atoms with Gasteiger partial charge in [-0.15, -0.1) is 0 Å². The quantitative estimate of drug-likeness (QED) is 0.301. The Hall–Kier alpha value is -4.50. The molecule has 2 fully saturated rings. The van der Waals surface area contributed by atoms with Crippen molar-refractivity contribution in [1.29, 1.82) is 5.26 Å². The van der Waals surface area contributed by atoms with Crippen LogP contribution in [0.5, 0.6) is 5.75 Å². The minimum atomic E-state index is -0.426. The van der Waals surface area contributed by atoms with E-state index in [0.717, 1.165) is 81.1 Å². The van der Waals surface area contributed by atoms with Crippen LogP contribution in [0.2, 0.25) is 0 Å². The SMILES string of the molecule is C=C(OC(C)(C)C)N1CCN(CC2(NC(=O)OC(C)C)CCN(c3ccc(-c4cc(OCC)cn5ncc(C#N)c45)cn3)CC2)CC1. The Kier molecular flexibility index (Phi) is 10.2. The van der Waals surface area contributed by atoms with Gasteiger partial charge in [-0.05, 0) is 79.2 Å². The van der Waals surface area contributed by atoms with Crippen LogP contribution in [0.4, 0.5) is 10.6 Å². The lowest BCUT2D eigenvalue weighted by Crippen LogP contribution is -2.62. The smallest absolute Gasteiger partial charge is 0.407 e. The topological polar surface area (TPSA) is 120 Å². The number of aromatic nitrogens is 3. The molecule has 0 spiro atoms. The number of nitrogens with one attached hydrogen (secondary N) is 1. The highest BCUT2D eigenvalue weighted by Gasteiger charge is 2.39. The van der Waals surface area contributed by atoms with Crippen molar-refractivity contribution in [3.63, 3.8) is 0 Å². The first-order valence-corrected chi connectivity index (χ1v) is 16.5. The molecule has 2 aliphatic rings. The Morgan fingerprint density at radius 3 is 2.45 bits per heavy atom. The van der Waals surface area contributed by atoms with Crippen LogP contribution in [0.3, 0.4) is 0 Å². The number of piperazine rings is 1. The van der Waals surface area contributed by atoms with Gasteiger partial charge in [0.05, 0.1) is 41.7 Å². The molecule has 2 saturated heterocycles. The Balaban J connectivity index is 1.28. The van der Waals surface area contributed by atoms with E-state index in [4.69, 9.17) is 19.2 Å². The van der Waals surface area contributed by atoms with Gasteiger partial charge in [0.15, 0.2) is 5.88 Å². The standard InChI is InChI=1S/C35H48N8O4/c1-8-45-29-19-30(32-28(20-36)22-38-43(32)23-29)27-9-10-31(37-21-27)42-13-11-35(12-14-42,39-33(44)46-25(2)3)24-40-15-17-41(18-16-40)26(4)47-34(5,6)7/h9-10,19,21-23,25H,4,8,11-18,24H2,1-3,5-7H3,(H,39,44). The Bertz CT molecular complexity index is 1590. The van der Waals surface area contributed by atoms with Gasteiger partial charge >= 0.3 is 6.09 Å². The number of ether oxygens (including phenoxy) is 3. The second kappa shape index (κ2) is 14.1. The van der Waals surface area contributed by atoms with Crippen molar-refractivity contribution < 1.29 is 19.0 Å². The maximum absolute atomic E-state index is 12.9. The van der Waals surface area contributed by atoms with Crippen molar-refractivity contribution >= 4 is 17.4 Å². The molecule has 3 aromatic heterocycles. The van der Waals surface area contributed by atoms with Gasteiger partial charge in [0, 0.05) is 63.1 Å². The summed E-state index contributed by atoms with van der Waals surface area (Å²) in [5, 5.41) is 17.3. The second-order valence-electron chi connectivity index (χ2n) is 13.6. The number of piperidine rings is 1. The highest BCUT2D eigenvalue weighted by atomic mass is 16.6. The van der Waals surface area contributed by atoms with E-state index < -0.39 is 5.54 Å². The zero-order chi connectivity index (χ0) is 33.8. The molecule has 0 saturated carbocycles. The van der Waals surface area contributed by atoms with Crippen LogP contribution >= 0.6 is 0 Å². The van der Waals surface area contributed by atoms with Crippen LogP contribution in [-0.2, 0) is 9.47 Å². The van der Waals surface area contributed by atoms with E-state index in [1.165, 1.54) is 0 Å². The van der Waals surface area contributed by atoms with Gasteiger partial charge in [0.1, 0.15) is 23.2 Å². The van der Waals surface area contributed by atoms with E-state index in [0.29, 0.717) is 23.8 Å². The van der Waals surface area contributed by atoms with Gasteiger partial charge in [-0.1, -0.05) is 0 Å². The maximum Gasteiger partial charge on any atom is 0.407 e. The zero-order valence-corrected chi connectivity index (χ0v) is 28.6. The third-order valence-electron chi connectivity index (χ3n) is 8.51. The molecule has 47 heavy (non-hydrogen) atoms. The molecule has 0 aromatic carbocycles. The lowest BCUT2D eigenvalue weighted by atomic mass is 9.86. The van der Waals surface area contributed by atoms with E-state index in [1.807, 2.05) is 65.9 Å². The third-order valence-corrected chi connectivity index (χ3v) is 8.51. The molecule has 2 aliphatic heterocycles. The minimum absolute atomic E-state index is 0.200. The summed E-state index contributed by atoms with van der Waals surface area (Å²) in [5.41, 5.74) is 2.21. The summed E-state index contributed by atoms with van der Waals surface area (Å²) in [7, 11) is 0. The number of nitriles is 1. The predicted octanol–water partition coefficient (Wildman–Crippen LogP) is 5.04. The number of carbonyl (C=O) groups excluding carboxylic acids is 1. The molecule has 3 aromatic rings. The summed E-state index contributed by atoms with van der Waals surface area (Å²) in [6, 6.07) is 8.22. The van der Waals surface area contributed by atoms with Gasteiger partial charge in [-0.2, -0.15) is 10.4 Å². The molecule has 252 valence electrons. The molecule has 1 amide bonds. The van der Waals surface area contributed by atoms with Crippen LogP contribution in [-0.4, -0.2) is 100 Å². The fraction of sp³-hybridized carbons (Fsp3) is 0.543. The summed E-state index contributed by atoms with van der Waals surface area (Å²) in [6.45, 7) is 22.0. The van der Waals surface area contributed by atoms with Crippen molar-refractivity contribution in [2.75, 3.05) is 57.3 Å². The van der Waals surface area contributed by atoms with Gasteiger partial charge in [0.2, 0.25) is 0 Å². The molecule has 0 aliphatic carbocycles. The van der Waals surface area contributed by atoms with Crippen LogP contribution in [0.1, 0.15) is 59.9 Å². The van der Waals surface area contributed by atoms with Crippen molar-refractivity contribution in [3.8, 4) is 22.9 Å². The first-order chi connectivity index (χ1) is 22.4. The van der Waals surface area contributed by atoms with Gasteiger partial charge in [-0.25, -0.2) is 14.3 Å². The summed E-state index contributed by atoms with van der Waals surface area (Å²) in [4.78, 5) is 24.6. The van der Waals surface area contributed by atoms with Crippen molar-refractivity contribution in [3.05, 3.63) is 54.8 Å². The van der Waals surface area contributed by atoms with E-state index >= 15 is 0 Å². The number of hydrogen-bond donors (Lipinski definition) is 1. The largest absolute Gasteiger partial charge is 0.492 e. The molecule has 0 radical (unpaired) electrons. The summed E-state index contributed by atoms with van der Waals surface area (Å²) in [6.07, 6.45) is 6.12. The molecule has 5 heterocycles. The number of nitrogens with zero attached hydrogens (tertiary/aromatic N) is 7. The molecule has 5 rings (SSSR count). The van der Waals surface area contributed by atoms with Gasteiger partial charge in [-0.3, -0.25) is 4.90 Å². The Labute approximate surface area is 277 Å². The van der Waals surface area contributed by atoms with E-state index in [2.05, 4.69) is 37.8 Å². The fourth-order valence-electron chi connectivity index (χ4n) is 6.32. The minimum Gasteiger partial charge on any atom is -0.492 e. The lowest BCUT2D eigenvalue weighted by Gasteiger charge is -2.46. The van der Waals surface area contributed by atoms with Gasteiger partial charge < -0.3 is 29.3 Å². The predicted molar refractivity (Wildman–Crippen MR) is 181 cm³/mol. The normalized spacial score (nSPS) is 17.0. The molecule has 0 atom stereocenters. The van der Waals surface area contributed by atoms with Crippen molar-refractivity contribution in [1.82, 2.24) is 29.7 Å². The number of alkyl carbamates (subject to hydrolysis) is 1. The number of carbonyl (C=O) groups is 1. The Morgan fingerprint density at radius 2 is 1.85 bits per heavy atom. The molecule has 0 bridgehead atoms. The summed E-state index contributed by atoms with van der Waals surface area (Å²) < 4.78 is 19.0. The molecular formula is C35H48N8O4. The number of anilines is 1. The third kappa shape index (κ3) is 8.27. The van der Waals surface area contributed by atoms with Crippen LogP contribution < -0.4 is 15.0 Å². The summed E-state index contributed by atoms with van der Waals surface area (Å²) >= 11 is 0. The van der Waals surface area contributed by atoms with E-state index in [1.54, 1.807) is 16.9 Å². The first kappa shape index (κ1) is 33.9. The number of pyridine rings is 2. The van der Waals surface area contributed by atoms with Crippen LogP contribution in [0.25, 0.3) is 16.6 Å². The maximum atomic E-state index is 12.9. The molecular weight excluding hydrogens is 596 g/mol. The van der Waals surface area contributed by atoms with Crippen LogP contribution in [0, 0.1) is 11.3 Å². The Morgan fingerprint density at radius 1 is 1.13 bits per heavy atom. The van der Waals surface area contributed by atoms with Crippen molar-refractivity contribution in [2.24, 2.45) is 0 Å². The summed E-state index contributed by atoms with van der Waals surface area (Å²) in [5.74, 6) is 2.25. The molecule has 12 nitrogen and oxygen atoms in total. The van der Waals surface area contributed by atoms with Crippen LogP contribution in [0.15, 0.2) is 49.3 Å². The average molecular weight is 645 g/mol. The second-order valence-corrected chi connectivity index (χ2v) is 13.6. The van der Waals surface area contributed by atoms with E-state index in [9.17, 15) is 10.1 Å². The molecule has 1 N–H and O–H groups in total. The van der Waals surface area contributed by atoms with Crippen molar-refractivity contribution in [2.45, 2.75) is 71.6 Å². The van der Waals surface area contributed by atoms with Gasteiger partial charge in [0.25, 0.3) is 0 Å². The average Bonchev–Trinajstić information content (AvgIpc) is 3.43. The highest BCUT2D eigenvalue weighted by molar-refractivity contribution is 5.85. The number of fused-ring (bicyclic) bond motifs is 1. The molecule has 0 unspecified atom stereocenters. The fourth-order valence-corrected chi connectivity index (χ4v) is 6.32. The highest BCUT2D eigenvalue weighted by Crippen LogP contribution is 2.33. The monoisotopic (exact) mass is 644 g/mol. The molecule has 12 heteroatoms. The number of amides is 1. The number of hydrogen-bond acceptors (Lipinski definition) is 10. The zero-order valence-electron chi connectivity index (χ0n) is 28.6. The number of rotatable bonds is 10. The first-order valence-electron chi connectivity index (χ1n) is 16.5. The lowest BCUT2D eigenvalue weighted by molar-refractivity contribution is -0.0126. The van der Waals surface area contributed by atoms with E-state index in [-0.39, 0.29) is 17.8 Å².